The van der Waals surface area contributed by atoms with E-state index in [-0.39, 0.29) is 5.91 Å². The average Bonchev–Trinajstić information content (AvgIpc) is 3.23. The van der Waals surface area contributed by atoms with E-state index in [4.69, 9.17) is 10.00 Å². The Balaban J connectivity index is 1.34. The van der Waals surface area contributed by atoms with Crippen molar-refractivity contribution in [2.24, 2.45) is 0 Å². The molecule has 0 aliphatic carbocycles. The molecular formula is C24H24N4O2S. The highest BCUT2D eigenvalue weighted by Gasteiger charge is 2.24. The number of rotatable bonds is 6. The molecule has 0 spiro atoms. The average molecular weight is 433 g/mol. The molecule has 0 unspecified atom stereocenters. The van der Waals surface area contributed by atoms with E-state index in [1.54, 1.807) is 11.3 Å². The summed E-state index contributed by atoms with van der Waals surface area (Å²) in [5.41, 5.74) is 3.32. The van der Waals surface area contributed by atoms with Crippen molar-refractivity contribution < 1.29 is 9.53 Å². The Bertz CT molecular complexity index is 1080. The number of aromatic nitrogens is 1. The summed E-state index contributed by atoms with van der Waals surface area (Å²) in [7, 11) is 0. The molecule has 1 saturated heterocycles. The summed E-state index contributed by atoms with van der Waals surface area (Å²) in [5, 5.41) is 11.9. The highest BCUT2D eigenvalue weighted by Crippen LogP contribution is 2.22. The topological polar surface area (TPSA) is 69.5 Å². The number of para-hydroxylation sites is 1. The summed E-state index contributed by atoms with van der Waals surface area (Å²) in [6.07, 6.45) is 0. The van der Waals surface area contributed by atoms with Crippen LogP contribution in [0.2, 0.25) is 0 Å². The van der Waals surface area contributed by atoms with E-state index in [0.717, 1.165) is 30.3 Å². The molecule has 31 heavy (non-hydrogen) atoms. The zero-order chi connectivity index (χ0) is 21.6. The summed E-state index contributed by atoms with van der Waals surface area (Å²) in [6, 6.07) is 17.2. The van der Waals surface area contributed by atoms with Crippen molar-refractivity contribution in [2.45, 2.75) is 20.1 Å². The number of ether oxygens (including phenoxy) is 1. The number of piperazine rings is 1. The number of amides is 1. The molecule has 1 aromatic heterocycles. The Labute approximate surface area is 186 Å². The van der Waals surface area contributed by atoms with Crippen LogP contribution in [0.25, 0.3) is 0 Å². The number of thiazole rings is 1. The Morgan fingerprint density at radius 2 is 1.87 bits per heavy atom. The van der Waals surface area contributed by atoms with Gasteiger partial charge < -0.3 is 9.64 Å². The van der Waals surface area contributed by atoms with Crippen molar-refractivity contribution in [3.63, 3.8) is 0 Å². The molecule has 1 aliphatic heterocycles. The molecule has 0 bridgehead atoms. The first-order valence-electron chi connectivity index (χ1n) is 10.3. The van der Waals surface area contributed by atoms with Gasteiger partial charge in [-0.1, -0.05) is 24.3 Å². The lowest BCUT2D eigenvalue weighted by Gasteiger charge is -2.35. The van der Waals surface area contributed by atoms with Gasteiger partial charge in [-0.25, -0.2) is 4.98 Å². The summed E-state index contributed by atoms with van der Waals surface area (Å²) >= 11 is 1.59. The molecule has 3 aromatic rings. The number of hydrogen-bond donors (Lipinski definition) is 0. The third kappa shape index (κ3) is 5.29. The summed E-state index contributed by atoms with van der Waals surface area (Å²) in [5.74, 6) is 0.598. The minimum absolute atomic E-state index is 0.00285. The molecule has 0 N–H and O–H groups in total. The van der Waals surface area contributed by atoms with Crippen molar-refractivity contribution in [2.75, 3.05) is 26.2 Å². The predicted octanol–water partition coefficient (Wildman–Crippen LogP) is 3.86. The molecule has 0 saturated carbocycles. The van der Waals surface area contributed by atoms with Crippen molar-refractivity contribution in [1.29, 1.82) is 5.26 Å². The van der Waals surface area contributed by atoms with Gasteiger partial charge in [0, 0.05) is 38.1 Å². The standard InChI is InChI=1S/C24H24N4O2S/c1-18-26-21(17-31-18)16-30-23-5-3-2-4-22(23)24(29)28-12-10-27(11-13-28)15-20-8-6-19(14-25)7-9-20/h2-9,17H,10-13,15-16H2,1H3. The van der Waals surface area contributed by atoms with Gasteiger partial charge in [-0.2, -0.15) is 5.26 Å². The Hall–Kier alpha value is -3.21. The lowest BCUT2D eigenvalue weighted by Crippen LogP contribution is -2.48. The molecule has 2 aromatic carbocycles. The highest BCUT2D eigenvalue weighted by molar-refractivity contribution is 7.09. The first kappa shape index (κ1) is 21.0. The van der Waals surface area contributed by atoms with Crippen LogP contribution in [0.15, 0.2) is 53.9 Å². The number of carbonyl (C=O) groups excluding carboxylic acids is 1. The molecule has 7 heteroatoms. The predicted molar refractivity (Wildman–Crippen MR) is 120 cm³/mol. The molecule has 2 heterocycles. The summed E-state index contributed by atoms with van der Waals surface area (Å²) < 4.78 is 5.93. The van der Waals surface area contributed by atoms with Crippen LogP contribution < -0.4 is 4.74 Å². The van der Waals surface area contributed by atoms with Crippen LogP contribution in [0.3, 0.4) is 0 Å². The number of nitrogens with zero attached hydrogens (tertiary/aromatic N) is 4. The van der Waals surface area contributed by atoms with E-state index >= 15 is 0 Å². The maximum absolute atomic E-state index is 13.2. The number of carbonyl (C=O) groups is 1. The van der Waals surface area contributed by atoms with Gasteiger partial charge in [0.25, 0.3) is 5.91 Å². The quantitative estimate of drug-likeness (QED) is 0.592. The lowest BCUT2D eigenvalue weighted by atomic mass is 10.1. The van der Waals surface area contributed by atoms with Crippen LogP contribution >= 0.6 is 11.3 Å². The second kappa shape index (κ2) is 9.73. The van der Waals surface area contributed by atoms with E-state index < -0.39 is 0 Å². The molecule has 158 valence electrons. The van der Waals surface area contributed by atoms with Gasteiger partial charge in [-0.05, 0) is 36.8 Å². The second-order valence-electron chi connectivity index (χ2n) is 7.52. The van der Waals surface area contributed by atoms with Gasteiger partial charge in [0.05, 0.1) is 27.9 Å². The molecule has 6 nitrogen and oxygen atoms in total. The van der Waals surface area contributed by atoms with Crippen molar-refractivity contribution in [3.05, 3.63) is 81.3 Å². The van der Waals surface area contributed by atoms with E-state index in [2.05, 4.69) is 16.0 Å². The van der Waals surface area contributed by atoms with Gasteiger partial charge >= 0.3 is 0 Å². The highest BCUT2D eigenvalue weighted by atomic mass is 32.1. The number of benzene rings is 2. The fourth-order valence-corrected chi connectivity index (χ4v) is 4.22. The first-order chi connectivity index (χ1) is 15.1. The van der Waals surface area contributed by atoms with Gasteiger partial charge in [0.15, 0.2) is 0 Å². The smallest absolute Gasteiger partial charge is 0.257 e. The number of aryl methyl sites for hydroxylation is 1. The van der Waals surface area contributed by atoms with Crippen molar-refractivity contribution in [1.82, 2.24) is 14.8 Å². The monoisotopic (exact) mass is 432 g/mol. The summed E-state index contributed by atoms with van der Waals surface area (Å²) in [6.45, 7) is 6.11. The first-order valence-corrected chi connectivity index (χ1v) is 11.1. The Kier molecular flexibility index (Phi) is 6.60. The molecule has 0 atom stereocenters. The molecule has 1 aliphatic rings. The van der Waals surface area contributed by atoms with Crippen LogP contribution in [0, 0.1) is 18.3 Å². The maximum atomic E-state index is 13.2. The molecule has 4 rings (SSSR count). The zero-order valence-corrected chi connectivity index (χ0v) is 18.3. The molecule has 0 radical (unpaired) electrons. The Morgan fingerprint density at radius 1 is 1.13 bits per heavy atom. The SMILES string of the molecule is Cc1nc(COc2ccccc2C(=O)N2CCN(Cc3ccc(C#N)cc3)CC2)cs1. The third-order valence-electron chi connectivity index (χ3n) is 5.31. The molecule has 1 fully saturated rings. The van der Waals surface area contributed by atoms with Crippen molar-refractivity contribution in [3.8, 4) is 11.8 Å². The minimum Gasteiger partial charge on any atom is -0.486 e. The van der Waals surface area contributed by atoms with Crippen LogP contribution in [0.4, 0.5) is 0 Å². The normalized spacial score (nSPS) is 14.3. The minimum atomic E-state index is 0.00285. The lowest BCUT2D eigenvalue weighted by molar-refractivity contribution is 0.0624. The number of hydrogen-bond acceptors (Lipinski definition) is 6. The van der Waals surface area contributed by atoms with E-state index in [1.165, 1.54) is 5.56 Å². The van der Waals surface area contributed by atoms with E-state index in [9.17, 15) is 4.79 Å². The Morgan fingerprint density at radius 3 is 2.55 bits per heavy atom. The number of nitriles is 1. The van der Waals surface area contributed by atoms with Crippen LogP contribution in [-0.4, -0.2) is 46.9 Å². The van der Waals surface area contributed by atoms with Gasteiger partial charge in [-0.15, -0.1) is 11.3 Å². The second-order valence-corrected chi connectivity index (χ2v) is 8.58. The van der Waals surface area contributed by atoms with Crippen LogP contribution in [-0.2, 0) is 13.2 Å². The van der Waals surface area contributed by atoms with E-state index in [1.807, 2.05) is 65.7 Å². The summed E-state index contributed by atoms with van der Waals surface area (Å²) in [4.78, 5) is 21.8. The van der Waals surface area contributed by atoms with E-state index in [0.29, 0.717) is 36.6 Å². The van der Waals surface area contributed by atoms with Gasteiger partial charge in [0.1, 0.15) is 12.4 Å². The van der Waals surface area contributed by atoms with Gasteiger partial charge in [-0.3, -0.25) is 9.69 Å². The molecule has 1 amide bonds. The van der Waals surface area contributed by atoms with Crippen LogP contribution in [0.5, 0.6) is 5.75 Å². The largest absolute Gasteiger partial charge is 0.486 e. The maximum Gasteiger partial charge on any atom is 0.257 e. The fourth-order valence-electron chi connectivity index (χ4n) is 3.62. The van der Waals surface area contributed by atoms with Gasteiger partial charge in [0.2, 0.25) is 0 Å². The van der Waals surface area contributed by atoms with Crippen LogP contribution in [0.1, 0.15) is 32.2 Å². The zero-order valence-electron chi connectivity index (χ0n) is 17.5. The third-order valence-corrected chi connectivity index (χ3v) is 6.13. The molecular weight excluding hydrogens is 408 g/mol. The fraction of sp³-hybridized carbons (Fsp3) is 0.292. The van der Waals surface area contributed by atoms with Crippen molar-refractivity contribution >= 4 is 17.2 Å².